The number of esters is 1. The van der Waals surface area contributed by atoms with Gasteiger partial charge in [0.25, 0.3) is 0 Å². The second-order valence-corrected chi connectivity index (χ2v) is 7.00. The first-order valence-electron chi connectivity index (χ1n) is 9.21. The molecule has 0 heterocycles. The first-order chi connectivity index (χ1) is 12.8. The lowest BCUT2D eigenvalue weighted by atomic mass is 9.96. The molecule has 0 unspecified atom stereocenters. The number of hydrogen-bond donors (Lipinski definition) is 2. The topological polar surface area (TPSA) is 75.6 Å². The molecule has 1 atom stereocenters. The zero-order valence-electron chi connectivity index (χ0n) is 16.3. The van der Waals surface area contributed by atoms with Crippen LogP contribution in [0.2, 0.25) is 0 Å². The summed E-state index contributed by atoms with van der Waals surface area (Å²) in [7, 11) is 0. The standard InChI is InChI=1S/C22H27NO4/c1-5-27-22(26)19-13-18(10-11-20(19)24)23-21(25)15(4)17-8-6-16(7-9-17)12-14(2)3/h6-11,13-15,24H,5,12H2,1-4H3,(H,23,25)/t15-/m0/s1. The van der Waals surface area contributed by atoms with E-state index in [1.54, 1.807) is 13.0 Å². The van der Waals surface area contributed by atoms with Crippen molar-refractivity contribution in [3.8, 4) is 5.75 Å². The molecule has 2 aromatic rings. The van der Waals surface area contributed by atoms with Crippen molar-refractivity contribution in [1.82, 2.24) is 0 Å². The molecule has 0 saturated carbocycles. The van der Waals surface area contributed by atoms with E-state index >= 15 is 0 Å². The average Bonchev–Trinajstić information content (AvgIpc) is 2.63. The number of phenols is 1. The van der Waals surface area contributed by atoms with Gasteiger partial charge in [-0.05, 0) is 55.5 Å². The Bertz CT molecular complexity index is 796. The van der Waals surface area contributed by atoms with Crippen LogP contribution in [0.1, 0.15) is 55.1 Å². The molecule has 2 aromatic carbocycles. The molecule has 27 heavy (non-hydrogen) atoms. The first kappa shape index (κ1) is 20.5. The third-order valence-electron chi connectivity index (χ3n) is 4.28. The maximum Gasteiger partial charge on any atom is 0.341 e. The molecule has 0 radical (unpaired) electrons. The molecule has 0 aliphatic heterocycles. The number of phenolic OH excluding ortho intramolecular Hbond substituents is 1. The van der Waals surface area contributed by atoms with E-state index in [0.29, 0.717) is 11.6 Å². The van der Waals surface area contributed by atoms with Crippen LogP contribution in [0.25, 0.3) is 0 Å². The van der Waals surface area contributed by atoms with E-state index in [1.165, 1.54) is 17.7 Å². The summed E-state index contributed by atoms with van der Waals surface area (Å²) >= 11 is 0. The summed E-state index contributed by atoms with van der Waals surface area (Å²) in [6.45, 7) is 8.07. The van der Waals surface area contributed by atoms with Gasteiger partial charge in [-0.25, -0.2) is 4.79 Å². The lowest BCUT2D eigenvalue weighted by Gasteiger charge is -2.14. The van der Waals surface area contributed by atoms with Crippen molar-refractivity contribution in [2.75, 3.05) is 11.9 Å². The first-order valence-corrected chi connectivity index (χ1v) is 9.21. The lowest BCUT2D eigenvalue weighted by molar-refractivity contribution is -0.117. The highest BCUT2D eigenvalue weighted by atomic mass is 16.5. The van der Waals surface area contributed by atoms with E-state index in [0.717, 1.165) is 12.0 Å². The summed E-state index contributed by atoms with van der Waals surface area (Å²) in [4.78, 5) is 24.4. The summed E-state index contributed by atoms with van der Waals surface area (Å²) in [5, 5.41) is 12.6. The van der Waals surface area contributed by atoms with Crippen molar-refractivity contribution in [2.45, 2.75) is 40.0 Å². The molecular formula is C22H27NO4. The molecule has 0 aliphatic carbocycles. The second kappa shape index (κ2) is 9.21. The Morgan fingerprint density at radius 2 is 1.74 bits per heavy atom. The van der Waals surface area contributed by atoms with Gasteiger partial charge in [0.15, 0.2) is 0 Å². The molecule has 0 fully saturated rings. The minimum Gasteiger partial charge on any atom is -0.507 e. The minimum atomic E-state index is -0.625. The molecule has 144 valence electrons. The van der Waals surface area contributed by atoms with Crippen LogP contribution >= 0.6 is 0 Å². The number of anilines is 1. The predicted octanol–water partition coefficient (Wildman–Crippen LogP) is 4.51. The third-order valence-corrected chi connectivity index (χ3v) is 4.28. The summed E-state index contributed by atoms with van der Waals surface area (Å²) < 4.78 is 4.91. The highest BCUT2D eigenvalue weighted by molar-refractivity contribution is 5.98. The van der Waals surface area contributed by atoms with E-state index in [4.69, 9.17) is 4.74 Å². The average molecular weight is 369 g/mol. The number of rotatable bonds is 7. The van der Waals surface area contributed by atoms with E-state index in [1.807, 2.05) is 19.1 Å². The highest BCUT2D eigenvalue weighted by Crippen LogP contribution is 2.24. The largest absolute Gasteiger partial charge is 0.507 e. The maximum absolute atomic E-state index is 12.6. The molecule has 2 rings (SSSR count). The number of aromatic hydroxyl groups is 1. The molecule has 0 saturated heterocycles. The molecule has 0 aromatic heterocycles. The van der Waals surface area contributed by atoms with Crippen molar-refractivity contribution in [2.24, 2.45) is 5.92 Å². The summed E-state index contributed by atoms with van der Waals surface area (Å²) in [5.41, 5.74) is 2.63. The van der Waals surface area contributed by atoms with E-state index < -0.39 is 5.97 Å². The van der Waals surface area contributed by atoms with Gasteiger partial charge in [0.2, 0.25) is 5.91 Å². The van der Waals surface area contributed by atoms with Gasteiger partial charge in [-0.1, -0.05) is 38.1 Å². The van der Waals surface area contributed by atoms with E-state index in [9.17, 15) is 14.7 Å². The Morgan fingerprint density at radius 3 is 2.33 bits per heavy atom. The van der Waals surface area contributed by atoms with E-state index in [2.05, 4.69) is 31.3 Å². The second-order valence-electron chi connectivity index (χ2n) is 7.00. The zero-order valence-corrected chi connectivity index (χ0v) is 16.3. The van der Waals surface area contributed by atoms with Gasteiger partial charge in [0.05, 0.1) is 12.5 Å². The highest BCUT2D eigenvalue weighted by Gasteiger charge is 2.18. The van der Waals surface area contributed by atoms with Crippen LogP contribution in [0, 0.1) is 5.92 Å². The number of carbonyl (C=O) groups excluding carboxylic acids is 2. The number of amides is 1. The fourth-order valence-corrected chi connectivity index (χ4v) is 2.80. The molecule has 0 bridgehead atoms. The Labute approximate surface area is 160 Å². The normalized spacial score (nSPS) is 11.9. The van der Waals surface area contributed by atoms with Gasteiger partial charge in [0, 0.05) is 5.69 Å². The third kappa shape index (κ3) is 5.58. The quantitative estimate of drug-likeness (QED) is 0.556. The van der Waals surface area contributed by atoms with Crippen LogP contribution in [-0.2, 0) is 16.0 Å². The Morgan fingerprint density at radius 1 is 1.07 bits per heavy atom. The van der Waals surface area contributed by atoms with Crippen LogP contribution < -0.4 is 5.32 Å². The molecule has 1 amide bonds. The van der Waals surface area contributed by atoms with Crippen LogP contribution in [0.15, 0.2) is 42.5 Å². The molecule has 5 heteroatoms. The number of nitrogens with one attached hydrogen (secondary N) is 1. The van der Waals surface area contributed by atoms with Crippen molar-refractivity contribution >= 4 is 17.6 Å². The van der Waals surface area contributed by atoms with Gasteiger partial charge < -0.3 is 15.2 Å². The Balaban J connectivity index is 2.10. The van der Waals surface area contributed by atoms with Crippen LogP contribution in [-0.4, -0.2) is 23.6 Å². The lowest BCUT2D eigenvalue weighted by Crippen LogP contribution is -2.19. The van der Waals surface area contributed by atoms with Gasteiger partial charge >= 0.3 is 5.97 Å². The molecule has 0 spiro atoms. The van der Waals surface area contributed by atoms with Crippen LogP contribution in [0.3, 0.4) is 0 Å². The molecule has 5 nitrogen and oxygen atoms in total. The number of benzene rings is 2. The van der Waals surface area contributed by atoms with Crippen LogP contribution in [0.4, 0.5) is 5.69 Å². The Hall–Kier alpha value is -2.82. The van der Waals surface area contributed by atoms with Crippen molar-refractivity contribution < 1.29 is 19.4 Å². The number of ether oxygens (including phenoxy) is 1. The van der Waals surface area contributed by atoms with Gasteiger partial charge in [-0.2, -0.15) is 0 Å². The number of hydrogen-bond acceptors (Lipinski definition) is 4. The zero-order chi connectivity index (χ0) is 20.0. The maximum atomic E-state index is 12.6. The molecular weight excluding hydrogens is 342 g/mol. The summed E-state index contributed by atoms with van der Waals surface area (Å²) in [6, 6.07) is 12.4. The van der Waals surface area contributed by atoms with E-state index in [-0.39, 0.29) is 29.7 Å². The monoisotopic (exact) mass is 369 g/mol. The Kier molecular flexibility index (Phi) is 6.99. The van der Waals surface area contributed by atoms with Gasteiger partial charge in [-0.15, -0.1) is 0 Å². The fraction of sp³-hybridized carbons (Fsp3) is 0.364. The van der Waals surface area contributed by atoms with Gasteiger partial charge in [-0.3, -0.25) is 4.79 Å². The van der Waals surface area contributed by atoms with Gasteiger partial charge in [0.1, 0.15) is 11.3 Å². The van der Waals surface area contributed by atoms with Crippen molar-refractivity contribution in [3.63, 3.8) is 0 Å². The predicted molar refractivity (Wildman–Crippen MR) is 106 cm³/mol. The summed E-state index contributed by atoms with van der Waals surface area (Å²) in [5.74, 6) is -0.759. The van der Waals surface area contributed by atoms with Crippen LogP contribution in [0.5, 0.6) is 5.75 Å². The summed E-state index contributed by atoms with van der Waals surface area (Å²) in [6.07, 6.45) is 1.00. The SMILES string of the molecule is CCOC(=O)c1cc(NC(=O)[C@@H](C)c2ccc(CC(C)C)cc2)ccc1O. The number of carbonyl (C=O) groups is 2. The smallest absolute Gasteiger partial charge is 0.341 e. The minimum absolute atomic E-state index is 0.0281. The van der Waals surface area contributed by atoms with Crippen molar-refractivity contribution in [1.29, 1.82) is 0 Å². The molecule has 2 N–H and O–H groups in total. The van der Waals surface area contributed by atoms with Crippen molar-refractivity contribution in [3.05, 3.63) is 59.2 Å². The fourth-order valence-electron chi connectivity index (χ4n) is 2.80. The molecule has 0 aliphatic rings.